The van der Waals surface area contributed by atoms with E-state index in [1.54, 1.807) is 12.1 Å². The molecule has 0 aliphatic carbocycles. The Kier molecular flexibility index (Phi) is 4.18. The molecule has 5 heteroatoms. The molecule has 0 bridgehead atoms. The molecule has 2 heterocycles. The maximum absolute atomic E-state index is 12.0. The molecule has 2 aromatic rings. The number of carbonyl (C=O) groups is 1. The van der Waals surface area contributed by atoms with E-state index in [4.69, 9.17) is 11.6 Å². The van der Waals surface area contributed by atoms with Crippen LogP contribution < -0.4 is 10.6 Å². The highest BCUT2D eigenvalue weighted by Gasteiger charge is 2.16. The summed E-state index contributed by atoms with van der Waals surface area (Å²) < 4.78 is 0. The molecule has 2 N–H and O–H groups in total. The lowest BCUT2D eigenvalue weighted by Crippen LogP contribution is -2.44. The average molecular weight is 302 g/mol. The Balaban J connectivity index is 1.61. The molecule has 108 valence electrons. The number of hydrogen-bond donors (Lipinski definition) is 2. The molecule has 0 unspecified atom stereocenters. The third-order valence-corrected chi connectivity index (χ3v) is 3.83. The zero-order valence-electron chi connectivity index (χ0n) is 11.5. The Morgan fingerprint density at radius 3 is 2.62 bits per heavy atom. The fourth-order valence-electron chi connectivity index (χ4n) is 2.24. The van der Waals surface area contributed by atoms with E-state index < -0.39 is 0 Å². The van der Waals surface area contributed by atoms with Gasteiger partial charge in [0, 0.05) is 17.9 Å². The number of rotatable bonds is 4. The molecule has 1 fully saturated rings. The number of halogens is 1. The van der Waals surface area contributed by atoms with Crippen molar-refractivity contribution < 1.29 is 4.79 Å². The van der Waals surface area contributed by atoms with Crippen molar-refractivity contribution in [1.82, 2.24) is 10.3 Å². The van der Waals surface area contributed by atoms with Crippen molar-refractivity contribution in [3.8, 4) is 0 Å². The Bertz CT molecular complexity index is 621. The summed E-state index contributed by atoms with van der Waals surface area (Å²) in [7, 11) is 0. The lowest BCUT2D eigenvalue weighted by atomic mass is 9.98. The van der Waals surface area contributed by atoms with Gasteiger partial charge in [0.15, 0.2) is 0 Å². The molecule has 1 aromatic heterocycles. The second kappa shape index (κ2) is 6.24. The first-order valence-corrected chi connectivity index (χ1v) is 7.34. The molecular weight excluding hydrogens is 286 g/mol. The predicted octanol–water partition coefficient (Wildman–Crippen LogP) is 2.89. The summed E-state index contributed by atoms with van der Waals surface area (Å²) in [6, 6.07) is 11.8. The van der Waals surface area contributed by atoms with Crippen LogP contribution in [0.5, 0.6) is 0 Å². The smallest absolute Gasteiger partial charge is 0.257 e. The highest BCUT2D eigenvalue weighted by Crippen LogP contribution is 2.15. The SMILES string of the molecule is O=C(Nc1ccc(C[C@@H]2CCN2)cc1)c1ccc(Cl)nc1. The Morgan fingerprint density at radius 1 is 1.29 bits per heavy atom. The van der Waals surface area contributed by atoms with E-state index in [1.807, 2.05) is 12.1 Å². The van der Waals surface area contributed by atoms with Crippen LogP contribution in [0.2, 0.25) is 5.15 Å². The van der Waals surface area contributed by atoms with Gasteiger partial charge in [-0.3, -0.25) is 4.79 Å². The van der Waals surface area contributed by atoms with Crippen LogP contribution in [0.1, 0.15) is 22.3 Å². The third kappa shape index (κ3) is 3.60. The quantitative estimate of drug-likeness (QED) is 0.854. The summed E-state index contributed by atoms with van der Waals surface area (Å²) in [6.45, 7) is 1.12. The molecule has 21 heavy (non-hydrogen) atoms. The van der Waals surface area contributed by atoms with Crippen LogP contribution >= 0.6 is 11.6 Å². The largest absolute Gasteiger partial charge is 0.322 e. The van der Waals surface area contributed by atoms with Crippen LogP contribution in [0, 0.1) is 0 Å². The number of carbonyl (C=O) groups excluding carboxylic acids is 1. The first-order valence-electron chi connectivity index (χ1n) is 6.96. The van der Waals surface area contributed by atoms with Crippen LogP contribution in [0.25, 0.3) is 0 Å². The highest BCUT2D eigenvalue weighted by atomic mass is 35.5. The van der Waals surface area contributed by atoms with E-state index in [-0.39, 0.29) is 5.91 Å². The zero-order chi connectivity index (χ0) is 14.7. The van der Waals surface area contributed by atoms with Crippen molar-refractivity contribution >= 4 is 23.2 Å². The summed E-state index contributed by atoms with van der Waals surface area (Å²) in [6.07, 6.45) is 3.74. The van der Waals surface area contributed by atoms with Crippen molar-refractivity contribution in [1.29, 1.82) is 0 Å². The molecule has 1 atom stereocenters. The summed E-state index contributed by atoms with van der Waals surface area (Å²) in [4.78, 5) is 15.9. The van der Waals surface area contributed by atoms with E-state index in [2.05, 4.69) is 27.8 Å². The Hall–Kier alpha value is -1.91. The van der Waals surface area contributed by atoms with Gasteiger partial charge in [0.05, 0.1) is 5.56 Å². The molecule has 3 rings (SSSR count). The number of nitrogens with zero attached hydrogens (tertiary/aromatic N) is 1. The van der Waals surface area contributed by atoms with Crippen molar-refractivity contribution in [3.63, 3.8) is 0 Å². The van der Waals surface area contributed by atoms with Crippen LogP contribution in [-0.2, 0) is 6.42 Å². The molecule has 1 aliphatic heterocycles. The predicted molar refractivity (Wildman–Crippen MR) is 83.8 cm³/mol. The Labute approximate surface area is 128 Å². The number of anilines is 1. The molecular formula is C16H16ClN3O. The number of hydrogen-bond acceptors (Lipinski definition) is 3. The van der Waals surface area contributed by atoms with Gasteiger partial charge in [-0.1, -0.05) is 23.7 Å². The van der Waals surface area contributed by atoms with Crippen molar-refractivity contribution in [2.75, 3.05) is 11.9 Å². The van der Waals surface area contributed by atoms with Gasteiger partial charge in [-0.25, -0.2) is 4.98 Å². The summed E-state index contributed by atoms with van der Waals surface area (Å²) in [5.74, 6) is -0.187. The van der Waals surface area contributed by atoms with Crippen LogP contribution in [0.15, 0.2) is 42.6 Å². The third-order valence-electron chi connectivity index (χ3n) is 3.61. The maximum atomic E-state index is 12.0. The van der Waals surface area contributed by atoms with Gasteiger partial charge < -0.3 is 10.6 Å². The van der Waals surface area contributed by atoms with Crippen LogP contribution in [0.3, 0.4) is 0 Å². The lowest BCUT2D eigenvalue weighted by molar-refractivity contribution is 0.102. The van der Waals surface area contributed by atoms with Crippen molar-refractivity contribution in [2.24, 2.45) is 0 Å². The van der Waals surface area contributed by atoms with Gasteiger partial charge in [-0.15, -0.1) is 0 Å². The van der Waals surface area contributed by atoms with Gasteiger partial charge in [0.25, 0.3) is 5.91 Å². The van der Waals surface area contributed by atoms with Crippen molar-refractivity contribution in [2.45, 2.75) is 18.9 Å². The van der Waals surface area contributed by atoms with Gasteiger partial charge in [-0.05, 0) is 49.2 Å². The van der Waals surface area contributed by atoms with E-state index in [1.165, 1.54) is 18.2 Å². The Morgan fingerprint density at radius 2 is 2.05 bits per heavy atom. The number of nitrogens with one attached hydrogen (secondary N) is 2. The molecule has 4 nitrogen and oxygen atoms in total. The summed E-state index contributed by atoms with van der Waals surface area (Å²) >= 11 is 5.70. The van der Waals surface area contributed by atoms with E-state index in [9.17, 15) is 4.79 Å². The minimum Gasteiger partial charge on any atom is -0.322 e. The molecule has 0 saturated carbocycles. The zero-order valence-corrected chi connectivity index (χ0v) is 12.2. The molecule has 1 aliphatic rings. The summed E-state index contributed by atoms with van der Waals surface area (Å²) in [5, 5.41) is 6.60. The number of amides is 1. The van der Waals surface area contributed by atoms with Gasteiger partial charge in [0.2, 0.25) is 0 Å². The monoisotopic (exact) mass is 301 g/mol. The minimum absolute atomic E-state index is 0.187. The standard InChI is InChI=1S/C16H16ClN3O/c17-15-6-3-12(10-19-15)16(21)20-13-4-1-11(2-5-13)9-14-7-8-18-14/h1-6,10,14,18H,7-9H2,(H,20,21)/t14-/m0/s1. The first-order chi connectivity index (χ1) is 10.2. The van der Waals surface area contributed by atoms with Crippen LogP contribution in [-0.4, -0.2) is 23.5 Å². The molecule has 1 aromatic carbocycles. The number of aromatic nitrogens is 1. The summed E-state index contributed by atoms with van der Waals surface area (Å²) in [5.41, 5.74) is 2.54. The minimum atomic E-state index is -0.187. The van der Waals surface area contributed by atoms with Gasteiger partial charge in [0.1, 0.15) is 5.15 Å². The van der Waals surface area contributed by atoms with E-state index in [0.29, 0.717) is 16.8 Å². The first kappa shape index (κ1) is 14.0. The average Bonchev–Trinajstić information content (AvgIpc) is 2.45. The fraction of sp³-hybridized carbons (Fsp3) is 0.250. The molecule has 0 radical (unpaired) electrons. The molecule has 1 amide bonds. The second-order valence-corrected chi connectivity index (χ2v) is 5.55. The van der Waals surface area contributed by atoms with E-state index >= 15 is 0 Å². The maximum Gasteiger partial charge on any atom is 0.257 e. The number of pyridine rings is 1. The number of benzene rings is 1. The van der Waals surface area contributed by atoms with Gasteiger partial charge >= 0.3 is 0 Å². The second-order valence-electron chi connectivity index (χ2n) is 5.16. The molecule has 0 spiro atoms. The molecule has 1 saturated heterocycles. The lowest BCUT2D eigenvalue weighted by Gasteiger charge is -2.27. The van der Waals surface area contributed by atoms with E-state index in [0.717, 1.165) is 18.7 Å². The topological polar surface area (TPSA) is 54.0 Å². The van der Waals surface area contributed by atoms with Crippen molar-refractivity contribution in [3.05, 3.63) is 58.9 Å². The highest BCUT2D eigenvalue weighted by molar-refractivity contribution is 6.29. The normalized spacial score (nSPS) is 17.1. The fourth-order valence-corrected chi connectivity index (χ4v) is 2.36. The van der Waals surface area contributed by atoms with Crippen LogP contribution in [0.4, 0.5) is 5.69 Å². The van der Waals surface area contributed by atoms with Gasteiger partial charge in [-0.2, -0.15) is 0 Å².